The number of alkyl halides is 1. The minimum absolute atomic E-state index is 0.126. The highest BCUT2D eigenvalue weighted by Crippen LogP contribution is 2.24. The Balaban J connectivity index is 1.79. The van der Waals surface area contributed by atoms with E-state index in [1.807, 2.05) is 13.8 Å². The van der Waals surface area contributed by atoms with Crippen LogP contribution in [0.4, 0.5) is 10.3 Å². The number of nitrogens with one attached hydrogen (secondary N) is 1. The molecule has 26 heavy (non-hydrogen) atoms. The summed E-state index contributed by atoms with van der Waals surface area (Å²) in [6, 6.07) is -0.381. The number of nitrogens with zero attached hydrogens (tertiary/aromatic N) is 5. The van der Waals surface area contributed by atoms with Crippen LogP contribution < -0.4 is 10.1 Å². The average molecular weight is 407 g/mol. The molecular weight excluding hydrogens is 387 g/mol. The Labute approximate surface area is 155 Å². The van der Waals surface area contributed by atoms with E-state index < -0.39 is 22.2 Å². The monoisotopic (exact) mass is 406 g/mol. The summed E-state index contributed by atoms with van der Waals surface area (Å²) in [7, 11) is -3.41. The van der Waals surface area contributed by atoms with Crippen LogP contribution in [-0.4, -0.2) is 70.0 Å². The van der Waals surface area contributed by atoms with Crippen LogP contribution in [0.1, 0.15) is 20.3 Å². The molecule has 0 saturated carbocycles. The van der Waals surface area contributed by atoms with Gasteiger partial charge in [0.25, 0.3) is 0 Å². The Bertz CT molecular complexity index is 905. The van der Waals surface area contributed by atoms with Crippen molar-refractivity contribution in [1.29, 1.82) is 0 Å². The first-order valence-electron chi connectivity index (χ1n) is 8.09. The Kier molecular flexibility index (Phi) is 5.22. The van der Waals surface area contributed by atoms with Crippen molar-refractivity contribution in [3.8, 4) is 6.01 Å². The van der Waals surface area contributed by atoms with E-state index in [1.165, 1.54) is 10.7 Å². The molecule has 0 unspecified atom stereocenters. The molecule has 3 heterocycles. The molecule has 12 heteroatoms. The van der Waals surface area contributed by atoms with Crippen LogP contribution in [0, 0.1) is 0 Å². The molecule has 2 aromatic heterocycles. The molecule has 0 aliphatic carbocycles. The van der Waals surface area contributed by atoms with Gasteiger partial charge in [-0.15, -0.1) is 5.10 Å². The molecular formula is C14H20ClFN6O3S. The largest absolute Gasteiger partial charge is 0.461 e. The van der Waals surface area contributed by atoms with Crippen LogP contribution >= 0.6 is 11.6 Å². The average Bonchev–Trinajstić information content (AvgIpc) is 2.83. The van der Waals surface area contributed by atoms with Crippen molar-refractivity contribution < 1.29 is 17.5 Å². The standard InChI is InChI=1S/C14H20ClFN6O3S/c1-8(2)25-14-19-12(15)11-6-17-13(20-22(11)14)18-10-4-5-21(7-9(10)16)26(3,23)24/h6,8-10H,4-5,7H2,1-3H3,(H,18,20)/t9-,10-/m1/s1. The minimum Gasteiger partial charge on any atom is -0.461 e. The molecule has 1 aliphatic heterocycles. The highest BCUT2D eigenvalue weighted by Gasteiger charge is 2.33. The van der Waals surface area contributed by atoms with Crippen LogP contribution in [0.15, 0.2) is 6.20 Å². The number of hydrogen-bond acceptors (Lipinski definition) is 7. The fourth-order valence-corrected chi connectivity index (χ4v) is 3.74. The van der Waals surface area contributed by atoms with E-state index in [9.17, 15) is 12.8 Å². The number of piperidine rings is 1. The number of imidazole rings is 1. The third-order valence-corrected chi connectivity index (χ3v) is 5.49. The molecule has 1 aliphatic rings. The SMILES string of the molecule is CC(C)Oc1nc(Cl)c2cnc(N[C@@H]3CCN(S(C)(=O)=O)C[C@H]3F)nn12. The maximum absolute atomic E-state index is 14.4. The van der Waals surface area contributed by atoms with Crippen molar-refractivity contribution in [2.75, 3.05) is 24.7 Å². The summed E-state index contributed by atoms with van der Waals surface area (Å²) in [6.45, 7) is 3.73. The quantitative estimate of drug-likeness (QED) is 0.799. The van der Waals surface area contributed by atoms with Gasteiger partial charge >= 0.3 is 6.01 Å². The van der Waals surface area contributed by atoms with Crippen molar-refractivity contribution in [2.24, 2.45) is 0 Å². The Morgan fingerprint density at radius 3 is 2.81 bits per heavy atom. The lowest BCUT2D eigenvalue weighted by Crippen LogP contribution is -2.49. The van der Waals surface area contributed by atoms with Gasteiger partial charge in [-0.3, -0.25) is 0 Å². The molecule has 0 spiro atoms. The summed E-state index contributed by atoms with van der Waals surface area (Å²) in [6.07, 6.45) is 1.34. The van der Waals surface area contributed by atoms with E-state index in [2.05, 4.69) is 20.4 Å². The topological polar surface area (TPSA) is 102 Å². The van der Waals surface area contributed by atoms with Crippen LogP contribution in [0.2, 0.25) is 5.15 Å². The number of anilines is 1. The molecule has 2 aromatic rings. The van der Waals surface area contributed by atoms with Gasteiger partial charge in [0.1, 0.15) is 11.7 Å². The van der Waals surface area contributed by atoms with E-state index in [0.29, 0.717) is 11.9 Å². The van der Waals surface area contributed by atoms with Crippen LogP contribution in [0.5, 0.6) is 6.01 Å². The molecule has 1 N–H and O–H groups in total. The van der Waals surface area contributed by atoms with Gasteiger partial charge in [0, 0.05) is 13.1 Å². The molecule has 0 bridgehead atoms. The molecule has 9 nitrogen and oxygen atoms in total. The summed E-state index contributed by atoms with van der Waals surface area (Å²) < 4.78 is 45.6. The zero-order valence-corrected chi connectivity index (χ0v) is 16.1. The summed E-state index contributed by atoms with van der Waals surface area (Å²) in [4.78, 5) is 8.23. The predicted molar refractivity (Wildman–Crippen MR) is 94.9 cm³/mol. The zero-order valence-electron chi connectivity index (χ0n) is 14.6. The van der Waals surface area contributed by atoms with Crippen molar-refractivity contribution in [3.05, 3.63) is 11.3 Å². The van der Waals surface area contributed by atoms with Gasteiger partial charge in [0.2, 0.25) is 16.0 Å². The van der Waals surface area contributed by atoms with Crippen LogP contribution in [0.3, 0.4) is 0 Å². The molecule has 1 fully saturated rings. The first-order chi connectivity index (χ1) is 12.1. The lowest BCUT2D eigenvalue weighted by Gasteiger charge is -2.33. The Hall–Kier alpha value is -1.72. The predicted octanol–water partition coefficient (Wildman–Crippen LogP) is 1.35. The summed E-state index contributed by atoms with van der Waals surface area (Å²) in [5.74, 6) is 0.181. The molecule has 2 atom stereocenters. The number of rotatable bonds is 5. The van der Waals surface area contributed by atoms with E-state index >= 15 is 0 Å². The summed E-state index contributed by atoms with van der Waals surface area (Å²) in [5.41, 5.74) is 0.469. The third kappa shape index (κ3) is 3.99. The van der Waals surface area contributed by atoms with E-state index in [1.54, 1.807) is 0 Å². The second-order valence-electron chi connectivity index (χ2n) is 6.41. The van der Waals surface area contributed by atoms with Gasteiger partial charge in [0.15, 0.2) is 5.15 Å². The number of fused-ring (bicyclic) bond motifs is 1. The van der Waals surface area contributed by atoms with Crippen molar-refractivity contribution in [3.63, 3.8) is 0 Å². The minimum atomic E-state index is -3.41. The fourth-order valence-electron chi connectivity index (χ4n) is 2.69. The summed E-state index contributed by atoms with van der Waals surface area (Å²) in [5, 5.41) is 7.39. The maximum Gasteiger partial charge on any atom is 0.320 e. The van der Waals surface area contributed by atoms with E-state index in [4.69, 9.17) is 16.3 Å². The fraction of sp³-hybridized carbons (Fsp3) is 0.643. The van der Waals surface area contributed by atoms with Crippen molar-refractivity contribution in [1.82, 2.24) is 23.9 Å². The lowest BCUT2D eigenvalue weighted by molar-refractivity contribution is 0.186. The number of halogens is 2. The normalized spacial score (nSPS) is 22.1. The Morgan fingerprint density at radius 2 is 2.19 bits per heavy atom. The number of aromatic nitrogens is 4. The van der Waals surface area contributed by atoms with Crippen molar-refractivity contribution in [2.45, 2.75) is 38.6 Å². The van der Waals surface area contributed by atoms with Gasteiger partial charge in [-0.2, -0.15) is 13.8 Å². The van der Waals surface area contributed by atoms with Gasteiger partial charge in [-0.05, 0) is 20.3 Å². The van der Waals surface area contributed by atoms with Crippen LogP contribution in [0.25, 0.3) is 5.52 Å². The van der Waals surface area contributed by atoms with Gasteiger partial charge in [0.05, 0.1) is 24.6 Å². The van der Waals surface area contributed by atoms with Gasteiger partial charge in [-0.25, -0.2) is 17.8 Å². The van der Waals surface area contributed by atoms with E-state index in [0.717, 1.165) is 10.6 Å². The van der Waals surface area contributed by atoms with Crippen LogP contribution in [-0.2, 0) is 10.0 Å². The molecule has 0 aromatic carbocycles. The molecule has 0 radical (unpaired) electrons. The maximum atomic E-state index is 14.4. The van der Waals surface area contributed by atoms with E-state index in [-0.39, 0.29) is 36.3 Å². The molecule has 0 amide bonds. The third-order valence-electron chi connectivity index (χ3n) is 3.95. The molecule has 3 rings (SSSR count). The van der Waals surface area contributed by atoms with Gasteiger partial charge < -0.3 is 10.1 Å². The molecule has 1 saturated heterocycles. The first kappa shape index (κ1) is 19.1. The smallest absolute Gasteiger partial charge is 0.320 e. The highest BCUT2D eigenvalue weighted by atomic mass is 35.5. The highest BCUT2D eigenvalue weighted by molar-refractivity contribution is 7.88. The molecule has 144 valence electrons. The van der Waals surface area contributed by atoms with Gasteiger partial charge in [-0.1, -0.05) is 11.6 Å². The zero-order chi connectivity index (χ0) is 19.1. The lowest BCUT2D eigenvalue weighted by atomic mass is 10.1. The second kappa shape index (κ2) is 7.12. The first-order valence-corrected chi connectivity index (χ1v) is 10.3. The van der Waals surface area contributed by atoms with Crippen molar-refractivity contribution >= 4 is 33.1 Å². The second-order valence-corrected chi connectivity index (χ2v) is 8.75. The summed E-state index contributed by atoms with van der Waals surface area (Å²) >= 11 is 6.05. The Morgan fingerprint density at radius 1 is 1.46 bits per heavy atom. The number of sulfonamides is 1. The number of ether oxygens (including phenoxy) is 1. The number of hydrogen-bond donors (Lipinski definition) is 1.